The molecule has 7 aromatic carbocycles. The molecule has 0 bridgehead atoms. The Morgan fingerprint density at radius 1 is 0.479 bits per heavy atom. The van der Waals surface area contributed by atoms with Crippen LogP contribution >= 0.6 is 0 Å². The van der Waals surface area contributed by atoms with E-state index in [4.69, 9.17) is 6.57 Å². The maximum atomic E-state index is 10.2. The summed E-state index contributed by atoms with van der Waals surface area (Å²) in [5.74, 6) is 0. The van der Waals surface area contributed by atoms with E-state index in [9.17, 15) is 5.26 Å². The van der Waals surface area contributed by atoms with Crippen molar-refractivity contribution in [3.8, 4) is 39.7 Å². The molecule has 0 saturated carbocycles. The van der Waals surface area contributed by atoms with Gasteiger partial charge in [-0.15, -0.1) is 0 Å². The highest BCUT2D eigenvalue weighted by atomic mass is 15.0. The minimum absolute atomic E-state index is 0.575. The van der Waals surface area contributed by atoms with Gasteiger partial charge >= 0.3 is 0 Å². The summed E-state index contributed by atoms with van der Waals surface area (Å²) < 4.78 is 4.49. The Balaban J connectivity index is 1.18. The largest absolute Gasteiger partial charge is 0.309 e. The molecule has 0 aliphatic rings. The van der Waals surface area contributed by atoms with Crippen molar-refractivity contribution < 1.29 is 0 Å². The molecule has 4 heteroatoms. The van der Waals surface area contributed by atoms with Gasteiger partial charge in [0.15, 0.2) is 5.69 Å². The second-order valence-electron chi connectivity index (χ2n) is 11.9. The van der Waals surface area contributed by atoms with Crippen molar-refractivity contribution in [3.63, 3.8) is 0 Å². The van der Waals surface area contributed by atoms with Gasteiger partial charge in [-0.05, 0) is 64.5 Å². The second kappa shape index (κ2) is 10.9. The fraction of sp³-hybridized carbons (Fsp3) is 0. The molecule has 9 aromatic rings. The van der Waals surface area contributed by atoms with Gasteiger partial charge in [0, 0.05) is 27.2 Å². The third-order valence-corrected chi connectivity index (χ3v) is 9.41. The average Bonchev–Trinajstić information content (AvgIpc) is 3.68. The van der Waals surface area contributed by atoms with Crippen molar-refractivity contribution in [2.45, 2.75) is 0 Å². The van der Waals surface area contributed by atoms with E-state index in [1.54, 1.807) is 0 Å². The fourth-order valence-corrected chi connectivity index (χ4v) is 7.28. The maximum absolute atomic E-state index is 10.2. The first-order chi connectivity index (χ1) is 23.7. The number of hydrogen-bond acceptors (Lipinski definition) is 1. The number of rotatable bonds is 4. The summed E-state index contributed by atoms with van der Waals surface area (Å²) in [5.41, 5.74) is 11.7. The first-order valence-electron chi connectivity index (χ1n) is 15.9. The van der Waals surface area contributed by atoms with E-state index in [1.807, 2.05) is 42.5 Å². The van der Waals surface area contributed by atoms with Gasteiger partial charge in [0.1, 0.15) is 6.07 Å². The summed E-state index contributed by atoms with van der Waals surface area (Å²) in [5, 5.41) is 14.6. The van der Waals surface area contributed by atoms with Crippen molar-refractivity contribution in [2.24, 2.45) is 0 Å². The Morgan fingerprint density at radius 3 is 1.71 bits per heavy atom. The number of benzene rings is 7. The van der Waals surface area contributed by atoms with Crippen LogP contribution in [-0.4, -0.2) is 9.13 Å². The van der Waals surface area contributed by atoms with Crippen LogP contribution in [0.3, 0.4) is 0 Å². The monoisotopic (exact) mass is 610 g/mol. The van der Waals surface area contributed by atoms with Crippen LogP contribution < -0.4 is 0 Å². The molecule has 222 valence electrons. The van der Waals surface area contributed by atoms with Crippen molar-refractivity contribution in [1.82, 2.24) is 9.13 Å². The summed E-state index contributed by atoms with van der Waals surface area (Å²) in [4.78, 5) is 3.82. The smallest absolute Gasteiger partial charge is 0.197 e. The van der Waals surface area contributed by atoms with Gasteiger partial charge in [-0.3, -0.25) is 0 Å². The fourth-order valence-electron chi connectivity index (χ4n) is 7.28. The normalized spacial score (nSPS) is 11.3. The molecule has 0 atom stereocenters. The number of hydrogen-bond donors (Lipinski definition) is 0. The third kappa shape index (κ3) is 4.07. The van der Waals surface area contributed by atoms with Gasteiger partial charge in [0.25, 0.3) is 0 Å². The molecule has 2 aromatic heterocycles. The molecule has 0 aliphatic heterocycles. The van der Waals surface area contributed by atoms with Gasteiger partial charge in [-0.2, -0.15) is 5.26 Å². The molecule has 9 rings (SSSR count). The van der Waals surface area contributed by atoms with E-state index in [0.29, 0.717) is 11.3 Å². The Hall–Kier alpha value is -6.88. The molecule has 0 saturated heterocycles. The summed E-state index contributed by atoms with van der Waals surface area (Å²) in [6.07, 6.45) is 0. The molecule has 48 heavy (non-hydrogen) atoms. The van der Waals surface area contributed by atoms with Crippen LogP contribution in [0, 0.1) is 17.9 Å². The second-order valence-corrected chi connectivity index (χ2v) is 11.9. The van der Waals surface area contributed by atoms with Gasteiger partial charge < -0.3 is 9.13 Å². The quantitative estimate of drug-likeness (QED) is 0.183. The van der Waals surface area contributed by atoms with Crippen LogP contribution in [0.15, 0.2) is 158 Å². The van der Waals surface area contributed by atoms with E-state index in [2.05, 4.69) is 135 Å². The zero-order valence-corrected chi connectivity index (χ0v) is 25.8. The van der Waals surface area contributed by atoms with Crippen molar-refractivity contribution in [3.05, 3.63) is 175 Å². The van der Waals surface area contributed by atoms with E-state index in [-0.39, 0.29) is 0 Å². The lowest BCUT2D eigenvalue weighted by molar-refractivity contribution is 1.17. The van der Waals surface area contributed by atoms with Crippen LogP contribution in [0.25, 0.3) is 82.1 Å². The van der Waals surface area contributed by atoms with Gasteiger partial charge in [-0.25, -0.2) is 4.85 Å². The minimum Gasteiger partial charge on any atom is -0.309 e. The summed E-state index contributed by atoms with van der Waals surface area (Å²) in [6, 6.07) is 56.8. The molecular weight excluding hydrogens is 585 g/mol. The Morgan fingerprint density at radius 2 is 1.02 bits per heavy atom. The van der Waals surface area contributed by atoms with Gasteiger partial charge in [-0.1, -0.05) is 115 Å². The molecule has 0 amide bonds. The molecule has 0 aliphatic carbocycles. The third-order valence-electron chi connectivity index (χ3n) is 9.41. The molecule has 0 fully saturated rings. The standard InChI is InChI=1S/C44H26N4/c1-46-37-15-10-20-42-44(37)36-14-5-9-19-41(36)48(42)43-27-31(25-26-32(43)28-45)29-21-23-30(24-22-29)33-11-2-6-16-38(33)47-39-17-7-3-12-34(39)35-13-4-8-18-40(35)47/h2-27H. The van der Waals surface area contributed by atoms with E-state index in [0.717, 1.165) is 55.4 Å². The van der Waals surface area contributed by atoms with E-state index < -0.39 is 0 Å². The molecule has 0 unspecified atom stereocenters. The van der Waals surface area contributed by atoms with Gasteiger partial charge in [0.2, 0.25) is 0 Å². The van der Waals surface area contributed by atoms with Crippen LogP contribution in [0.5, 0.6) is 0 Å². The number of nitrogens with zero attached hydrogens (tertiary/aromatic N) is 4. The molecule has 0 N–H and O–H groups in total. The highest BCUT2D eigenvalue weighted by Crippen LogP contribution is 2.40. The van der Waals surface area contributed by atoms with Crippen LogP contribution in [0.1, 0.15) is 5.56 Å². The SMILES string of the molecule is [C-]#[N+]c1cccc2c1c1ccccc1n2-c1cc(-c2ccc(-c3ccccc3-n3c4ccccc4c4ccccc43)cc2)ccc1C#N. The summed E-state index contributed by atoms with van der Waals surface area (Å²) in [7, 11) is 0. The Kier molecular flexibility index (Phi) is 6.22. The first kappa shape index (κ1) is 27.4. The molecular formula is C44H26N4. The molecule has 4 nitrogen and oxygen atoms in total. The lowest BCUT2D eigenvalue weighted by atomic mass is 9.98. The predicted molar refractivity (Wildman–Crippen MR) is 197 cm³/mol. The number of para-hydroxylation sites is 4. The number of nitriles is 1. The zero-order chi connectivity index (χ0) is 32.2. The van der Waals surface area contributed by atoms with Crippen LogP contribution in [0.2, 0.25) is 0 Å². The van der Waals surface area contributed by atoms with E-state index in [1.165, 1.54) is 21.8 Å². The van der Waals surface area contributed by atoms with Crippen molar-refractivity contribution in [2.75, 3.05) is 0 Å². The number of aromatic nitrogens is 2. The minimum atomic E-state index is 0.575. The average molecular weight is 611 g/mol. The molecule has 0 radical (unpaired) electrons. The van der Waals surface area contributed by atoms with Crippen molar-refractivity contribution in [1.29, 1.82) is 5.26 Å². The molecule has 2 heterocycles. The van der Waals surface area contributed by atoms with E-state index >= 15 is 0 Å². The summed E-state index contributed by atoms with van der Waals surface area (Å²) >= 11 is 0. The highest BCUT2D eigenvalue weighted by Gasteiger charge is 2.18. The Labute approximate surface area is 277 Å². The molecule has 0 spiro atoms. The lowest BCUT2D eigenvalue weighted by Gasteiger charge is -2.15. The predicted octanol–water partition coefficient (Wildman–Crippen LogP) is 11.6. The Bertz CT molecular complexity index is 2750. The summed E-state index contributed by atoms with van der Waals surface area (Å²) in [6.45, 7) is 7.81. The maximum Gasteiger partial charge on any atom is 0.197 e. The lowest BCUT2D eigenvalue weighted by Crippen LogP contribution is -1.98. The van der Waals surface area contributed by atoms with Gasteiger partial charge in [0.05, 0.1) is 40.1 Å². The first-order valence-corrected chi connectivity index (χ1v) is 15.9. The zero-order valence-electron chi connectivity index (χ0n) is 25.8. The van der Waals surface area contributed by atoms with Crippen LogP contribution in [-0.2, 0) is 0 Å². The highest BCUT2D eigenvalue weighted by molar-refractivity contribution is 6.15. The van der Waals surface area contributed by atoms with Crippen LogP contribution in [0.4, 0.5) is 5.69 Å². The number of fused-ring (bicyclic) bond motifs is 6. The van der Waals surface area contributed by atoms with Crippen molar-refractivity contribution >= 4 is 49.3 Å². The topological polar surface area (TPSA) is 38.0 Å².